The van der Waals surface area contributed by atoms with Crippen molar-refractivity contribution in [3.05, 3.63) is 65.8 Å². The zero-order valence-corrected chi connectivity index (χ0v) is 11.6. The third kappa shape index (κ3) is 6.24. The lowest BCUT2D eigenvalue weighted by molar-refractivity contribution is 0.894. The Bertz CT molecular complexity index is 393. The predicted octanol–water partition coefficient (Wildman–Crippen LogP) is 5.78. The fourth-order valence-electron chi connectivity index (χ4n) is 1.78. The van der Waals surface area contributed by atoms with Crippen LogP contribution in [0.15, 0.2) is 60.2 Å². The van der Waals surface area contributed by atoms with Gasteiger partial charge in [0.25, 0.3) is 0 Å². The SMILES string of the molecule is CCC/C=C(/C=C/C=C/c1ccccc1)CCC. The molecule has 0 amide bonds. The monoisotopic (exact) mass is 240 g/mol. The van der Waals surface area contributed by atoms with E-state index in [0.717, 1.165) is 0 Å². The average Bonchev–Trinajstić information content (AvgIpc) is 2.42. The Balaban J connectivity index is 2.53. The van der Waals surface area contributed by atoms with Gasteiger partial charge in [0.15, 0.2) is 0 Å². The van der Waals surface area contributed by atoms with Gasteiger partial charge >= 0.3 is 0 Å². The summed E-state index contributed by atoms with van der Waals surface area (Å²) in [5, 5.41) is 0. The van der Waals surface area contributed by atoms with E-state index in [1.807, 2.05) is 6.07 Å². The van der Waals surface area contributed by atoms with Gasteiger partial charge in [0.2, 0.25) is 0 Å². The molecule has 0 spiro atoms. The molecule has 0 aromatic heterocycles. The molecule has 96 valence electrons. The molecule has 0 heteroatoms. The van der Waals surface area contributed by atoms with Gasteiger partial charge in [-0.25, -0.2) is 0 Å². The van der Waals surface area contributed by atoms with Crippen LogP contribution in [0.1, 0.15) is 45.1 Å². The molecule has 0 unspecified atom stereocenters. The Kier molecular flexibility index (Phi) is 7.63. The topological polar surface area (TPSA) is 0 Å². The summed E-state index contributed by atoms with van der Waals surface area (Å²) in [5.74, 6) is 0. The van der Waals surface area contributed by atoms with Gasteiger partial charge in [-0.1, -0.05) is 93.0 Å². The number of benzene rings is 1. The van der Waals surface area contributed by atoms with Crippen molar-refractivity contribution in [2.45, 2.75) is 39.5 Å². The van der Waals surface area contributed by atoms with E-state index in [4.69, 9.17) is 0 Å². The molecular weight excluding hydrogens is 216 g/mol. The maximum atomic E-state index is 2.36. The van der Waals surface area contributed by atoms with Crippen molar-refractivity contribution in [1.29, 1.82) is 0 Å². The van der Waals surface area contributed by atoms with E-state index in [0.29, 0.717) is 0 Å². The third-order valence-electron chi connectivity index (χ3n) is 2.74. The molecule has 0 aliphatic rings. The largest absolute Gasteiger partial charge is 0.0813 e. The Morgan fingerprint density at radius 3 is 2.44 bits per heavy atom. The second-order valence-electron chi connectivity index (χ2n) is 4.45. The fourth-order valence-corrected chi connectivity index (χ4v) is 1.78. The van der Waals surface area contributed by atoms with Gasteiger partial charge in [-0.15, -0.1) is 0 Å². The van der Waals surface area contributed by atoms with E-state index in [1.54, 1.807) is 0 Å². The van der Waals surface area contributed by atoms with Crippen molar-refractivity contribution in [3.63, 3.8) is 0 Å². The number of allylic oxidation sites excluding steroid dienone is 5. The summed E-state index contributed by atoms with van der Waals surface area (Å²) >= 11 is 0. The van der Waals surface area contributed by atoms with Crippen molar-refractivity contribution < 1.29 is 0 Å². The highest BCUT2D eigenvalue weighted by molar-refractivity contribution is 5.50. The Hall–Kier alpha value is -1.56. The molecule has 0 bridgehead atoms. The van der Waals surface area contributed by atoms with Gasteiger partial charge in [0, 0.05) is 0 Å². The number of hydrogen-bond acceptors (Lipinski definition) is 0. The van der Waals surface area contributed by atoms with Crippen LogP contribution in [0.3, 0.4) is 0 Å². The minimum atomic E-state index is 1.18. The summed E-state index contributed by atoms with van der Waals surface area (Å²) < 4.78 is 0. The van der Waals surface area contributed by atoms with Crippen LogP contribution in [-0.4, -0.2) is 0 Å². The highest BCUT2D eigenvalue weighted by Gasteiger charge is 1.89. The molecule has 18 heavy (non-hydrogen) atoms. The van der Waals surface area contributed by atoms with Gasteiger partial charge in [-0.2, -0.15) is 0 Å². The molecular formula is C18H24. The van der Waals surface area contributed by atoms with Gasteiger partial charge in [-0.05, 0) is 18.4 Å². The number of unbranched alkanes of at least 4 members (excludes halogenated alkanes) is 1. The summed E-state index contributed by atoms with van der Waals surface area (Å²) in [6.07, 6.45) is 15.8. The molecule has 0 radical (unpaired) electrons. The van der Waals surface area contributed by atoms with Crippen LogP contribution in [0, 0.1) is 0 Å². The van der Waals surface area contributed by atoms with E-state index in [2.05, 4.69) is 68.5 Å². The lowest BCUT2D eigenvalue weighted by atomic mass is 10.1. The van der Waals surface area contributed by atoms with Crippen molar-refractivity contribution >= 4 is 6.08 Å². The maximum Gasteiger partial charge on any atom is -0.0257 e. The molecule has 0 nitrogen and oxygen atoms in total. The van der Waals surface area contributed by atoms with Crippen LogP contribution in [0.2, 0.25) is 0 Å². The molecule has 0 saturated carbocycles. The molecule has 1 aromatic rings. The lowest BCUT2D eigenvalue weighted by Crippen LogP contribution is -1.78. The first-order valence-electron chi connectivity index (χ1n) is 6.95. The maximum absolute atomic E-state index is 2.36. The first-order valence-corrected chi connectivity index (χ1v) is 6.95. The van der Waals surface area contributed by atoms with E-state index in [-0.39, 0.29) is 0 Å². The van der Waals surface area contributed by atoms with Crippen LogP contribution in [-0.2, 0) is 0 Å². The van der Waals surface area contributed by atoms with E-state index >= 15 is 0 Å². The Morgan fingerprint density at radius 2 is 1.78 bits per heavy atom. The molecule has 1 aromatic carbocycles. The highest BCUT2D eigenvalue weighted by atomic mass is 13.9. The zero-order valence-electron chi connectivity index (χ0n) is 11.6. The lowest BCUT2D eigenvalue weighted by Gasteiger charge is -1.98. The second kappa shape index (κ2) is 9.47. The summed E-state index contributed by atoms with van der Waals surface area (Å²) in [5.41, 5.74) is 2.70. The highest BCUT2D eigenvalue weighted by Crippen LogP contribution is 2.09. The molecule has 0 N–H and O–H groups in total. The molecule has 1 rings (SSSR count). The predicted molar refractivity (Wildman–Crippen MR) is 82.5 cm³/mol. The first kappa shape index (κ1) is 14.5. The van der Waals surface area contributed by atoms with Crippen molar-refractivity contribution in [2.24, 2.45) is 0 Å². The van der Waals surface area contributed by atoms with Crippen molar-refractivity contribution in [1.82, 2.24) is 0 Å². The standard InChI is InChI=1S/C18H24/c1-3-5-12-17(11-4-2)15-9-10-16-18-13-7-6-8-14-18/h6-10,12-16H,3-5,11H2,1-2H3/b15-9+,16-10+,17-12+. The fraction of sp³-hybridized carbons (Fsp3) is 0.333. The number of rotatable bonds is 7. The third-order valence-corrected chi connectivity index (χ3v) is 2.74. The van der Waals surface area contributed by atoms with Gasteiger partial charge in [0.1, 0.15) is 0 Å². The Morgan fingerprint density at radius 1 is 1.00 bits per heavy atom. The van der Waals surface area contributed by atoms with Crippen LogP contribution in [0.4, 0.5) is 0 Å². The van der Waals surface area contributed by atoms with Gasteiger partial charge < -0.3 is 0 Å². The van der Waals surface area contributed by atoms with E-state index in [1.165, 1.54) is 36.8 Å². The van der Waals surface area contributed by atoms with Crippen molar-refractivity contribution in [3.8, 4) is 0 Å². The zero-order chi connectivity index (χ0) is 13.1. The van der Waals surface area contributed by atoms with E-state index in [9.17, 15) is 0 Å². The second-order valence-corrected chi connectivity index (χ2v) is 4.45. The van der Waals surface area contributed by atoms with Crippen molar-refractivity contribution in [2.75, 3.05) is 0 Å². The summed E-state index contributed by atoms with van der Waals surface area (Å²) in [6, 6.07) is 10.4. The van der Waals surface area contributed by atoms with Crippen LogP contribution in [0.5, 0.6) is 0 Å². The molecule has 0 aliphatic carbocycles. The molecule has 0 fully saturated rings. The quantitative estimate of drug-likeness (QED) is 0.530. The molecule has 0 aliphatic heterocycles. The number of hydrogen-bond donors (Lipinski definition) is 0. The molecule has 0 saturated heterocycles. The molecule has 0 atom stereocenters. The minimum absolute atomic E-state index is 1.18. The normalized spacial score (nSPS) is 12.7. The summed E-state index contributed by atoms with van der Waals surface area (Å²) in [7, 11) is 0. The summed E-state index contributed by atoms with van der Waals surface area (Å²) in [4.78, 5) is 0. The van der Waals surface area contributed by atoms with Crippen LogP contribution < -0.4 is 0 Å². The molecule has 0 heterocycles. The summed E-state index contributed by atoms with van der Waals surface area (Å²) in [6.45, 7) is 4.45. The smallest absolute Gasteiger partial charge is 0.0257 e. The van der Waals surface area contributed by atoms with Crippen LogP contribution in [0.25, 0.3) is 6.08 Å². The minimum Gasteiger partial charge on any atom is -0.0813 e. The van der Waals surface area contributed by atoms with Gasteiger partial charge in [0.05, 0.1) is 0 Å². The Labute approximate surface area is 112 Å². The average molecular weight is 240 g/mol. The van der Waals surface area contributed by atoms with Crippen LogP contribution >= 0.6 is 0 Å². The first-order chi connectivity index (χ1) is 8.86. The van der Waals surface area contributed by atoms with E-state index < -0.39 is 0 Å². The van der Waals surface area contributed by atoms with Gasteiger partial charge in [-0.3, -0.25) is 0 Å².